The van der Waals surface area contributed by atoms with E-state index in [-0.39, 0.29) is 19.2 Å². The summed E-state index contributed by atoms with van der Waals surface area (Å²) in [5.74, 6) is 0.752. The topological polar surface area (TPSA) is 93.2 Å². The van der Waals surface area contributed by atoms with Crippen molar-refractivity contribution in [2.45, 2.75) is 58.0 Å². The van der Waals surface area contributed by atoms with Crippen molar-refractivity contribution in [3.63, 3.8) is 0 Å². The van der Waals surface area contributed by atoms with Crippen LogP contribution in [0.1, 0.15) is 40.9 Å². The van der Waals surface area contributed by atoms with Crippen LogP contribution in [0.15, 0.2) is 24.5 Å². The predicted octanol–water partition coefficient (Wildman–Crippen LogP) is 3.60. The van der Waals surface area contributed by atoms with Gasteiger partial charge in [0.2, 0.25) is 0 Å². The van der Waals surface area contributed by atoms with Crippen LogP contribution in [0.2, 0.25) is 0 Å². The molecule has 4 heterocycles. The van der Waals surface area contributed by atoms with Crippen LogP contribution >= 0.6 is 0 Å². The van der Waals surface area contributed by atoms with Crippen molar-refractivity contribution >= 4 is 16.7 Å². The Bertz CT molecular complexity index is 1340. The van der Waals surface area contributed by atoms with Gasteiger partial charge in [-0.05, 0) is 49.4 Å². The first kappa shape index (κ1) is 26.4. The van der Waals surface area contributed by atoms with Gasteiger partial charge in [0.15, 0.2) is 0 Å². The van der Waals surface area contributed by atoms with E-state index < -0.39 is 12.7 Å². The maximum Gasteiger partial charge on any atom is 0.401 e. The number of aryl methyl sites for hydroxylation is 1. The molecule has 0 bridgehead atoms. The fourth-order valence-corrected chi connectivity index (χ4v) is 5.72. The molecule has 1 aromatic carbocycles. The second-order valence-corrected chi connectivity index (χ2v) is 10.2. The smallest absolute Gasteiger partial charge is 0.395 e. The molecular formula is C27H32F3N7O. The summed E-state index contributed by atoms with van der Waals surface area (Å²) in [7, 11) is 0. The third-order valence-corrected chi connectivity index (χ3v) is 7.72. The Morgan fingerprint density at radius 2 is 1.95 bits per heavy atom. The van der Waals surface area contributed by atoms with Crippen molar-refractivity contribution < 1.29 is 18.3 Å². The predicted molar refractivity (Wildman–Crippen MR) is 137 cm³/mol. The number of anilines is 1. The zero-order valence-corrected chi connectivity index (χ0v) is 21.4. The molecule has 202 valence electrons. The van der Waals surface area contributed by atoms with Gasteiger partial charge in [-0.2, -0.15) is 18.4 Å². The average molecular weight is 528 g/mol. The number of hydrogen-bond donors (Lipinski definition) is 2. The summed E-state index contributed by atoms with van der Waals surface area (Å²) in [4.78, 5) is 12.5. The molecule has 38 heavy (non-hydrogen) atoms. The zero-order chi connectivity index (χ0) is 26.9. The maximum absolute atomic E-state index is 12.8. The molecule has 0 saturated carbocycles. The highest BCUT2D eigenvalue weighted by molar-refractivity contribution is 5.86. The number of nitrogens with zero attached hydrogens (tertiary/aromatic N) is 6. The molecule has 1 saturated heterocycles. The van der Waals surface area contributed by atoms with Gasteiger partial charge in [0.05, 0.1) is 18.8 Å². The van der Waals surface area contributed by atoms with Gasteiger partial charge in [0.25, 0.3) is 0 Å². The number of rotatable bonds is 7. The van der Waals surface area contributed by atoms with Crippen LogP contribution in [0.5, 0.6) is 0 Å². The van der Waals surface area contributed by atoms with Crippen LogP contribution in [0, 0.1) is 18.3 Å². The standard InChI is InChI=1S/C27H32F3N7O/c1-18-19(2-3-25-23(18)12-21(13-31)37(25)10-11-38)14-35-7-4-20(5-8-35)34-26-22-6-9-36(16-27(28,29)30)15-24(22)32-17-33-26/h2-3,12,17,20,38H,4-11,14-16H2,1H3,(H,32,33,34). The summed E-state index contributed by atoms with van der Waals surface area (Å²) in [6, 6.07) is 8.54. The molecule has 3 aromatic rings. The number of nitriles is 1. The lowest BCUT2D eigenvalue weighted by atomic mass is 10.00. The van der Waals surface area contributed by atoms with E-state index in [1.807, 2.05) is 16.7 Å². The molecule has 1 fully saturated rings. The number of fused-ring (bicyclic) bond motifs is 2. The Hall–Kier alpha value is -3.20. The van der Waals surface area contributed by atoms with Gasteiger partial charge in [0.1, 0.15) is 23.9 Å². The largest absolute Gasteiger partial charge is 0.401 e. The molecular weight excluding hydrogens is 495 g/mol. The van der Waals surface area contributed by atoms with Crippen LogP contribution in [0.25, 0.3) is 10.9 Å². The molecule has 2 aliphatic heterocycles. The Kier molecular flexibility index (Phi) is 7.56. The van der Waals surface area contributed by atoms with E-state index in [0.717, 1.165) is 60.3 Å². The van der Waals surface area contributed by atoms with Crippen molar-refractivity contribution in [1.82, 2.24) is 24.3 Å². The Balaban J connectivity index is 1.20. The minimum Gasteiger partial charge on any atom is -0.395 e. The van der Waals surface area contributed by atoms with Gasteiger partial charge < -0.3 is 15.0 Å². The summed E-state index contributed by atoms with van der Waals surface area (Å²) in [5, 5.41) is 23.5. The van der Waals surface area contributed by atoms with Crippen LogP contribution in [-0.4, -0.2) is 74.4 Å². The second kappa shape index (κ2) is 10.9. The Morgan fingerprint density at radius 3 is 2.66 bits per heavy atom. The number of aromatic nitrogens is 3. The van der Waals surface area contributed by atoms with Gasteiger partial charge in [-0.15, -0.1) is 0 Å². The van der Waals surface area contributed by atoms with Crippen molar-refractivity contribution in [2.24, 2.45) is 0 Å². The van der Waals surface area contributed by atoms with Crippen LogP contribution in [0.3, 0.4) is 0 Å². The lowest BCUT2D eigenvalue weighted by Crippen LogP contribution is -2.40. The number of benzene rings is 1. The maximum atomic E-state index is 12.8. The molecule has 0 spiro atoms. The highest BCUT2D eigenvalue weighted by Gasteiger charge is 2.33. The number of aliphatic hydroxyl groups excluding tert-OH is 1. The van der Waals surface area contributed by atoms with E-state index in [9.17, 15) is 23.5 Å². The first-order chi connectivity index (χ1) is 18.3. The number of halogens is 3. The number of nitrogens with one attached hydrogen (secondary N) is 1. The third-order valence-electron chi connectivity index (χ3n) is 7.72. The summed E-state index contributed by atoms with van der Waals surface area (Å²) < 4.78 is 40.3. The summed E-state index contributed by atoms with van der Waals surface area (Å²) in [5.41, 5.74) is 5.51. The third kappa shape index (κ3) is 5.62. The van der Waals surface area contributed by atoms with Gasteiger partial charge in [0, 0.05) is 61.8 Å². The van der Waals surface area contributed by atoms with Crippen LogP contribution in [0.4, 0.5) is 19.0 Å². The van der Waals surface area contributed by atoms with Crippen molar-refractivity contribution in [2.75, 3.05) is 38.1 Å². The summed E-state index contributed by atoms with van der Waals surface area (Å²) in [6.45, 7) is 4.72. The number of likely N-dealkylation sites (tertiary alicyclic amines) is 1. The first-order valence-electron chi connectivity index (χ1n) is 13.0. The van der Waals surface area contributed by atoms with Crippen molar-refractivity contribution in [3.05, 3.63) is 52.6 Å². The highest BCUT2D eigenvalue weighted by Crippen LogP contribution is 2.29. The van der Waals surface area contributed by atoms with E-state index in [4.69, 9.17) is 0 Å². The Morgan fingerprint density at radius 1 is 1.16 bits per heavy atom. The average Bonchev–Trinajstić information content (AvgIpc) is 3.24. The lowest BCUT2D eigenvalue weighted by Gasteiger charge is -2.34. The normalized spacial score (nSPS) is 17.5. The zero-order valence-electron chi connectivity index (χ0n) is 21.4. The molecule has 0 aliphatic carbocycles. The molecule has 2 aliphatic rings. The van der Waals surface area contributed by atoms with Gasteiger partial charge in [-0.1, -0.05) is 6.07 Å². The number of hydrogen-bond acceptors (Lipinski definition) is 7. The molecule has 2 aromatic heterocycles. The molecule has 0 unspecified atom stereocenters. The van der Waals surface area contributed by atoms with Gasteiger partial charge >= 0.3 is 6.18 Å². The van der Waals surface area contributed by atoms with E-state index in [1.54, 1.807) is 0 Å². The van der Waals surface area contributed by atoms with E-state index in [1.165, 1.54) is 16.8 Å². The minimum atomic E-state index is -4.21. The summed E-state index contributed by atoms with van der Waals surface area (Å²) >= 11 is 0. The SMILES string of the molecule is Cc1c(CN2CCC(Nc3ncnc4c3CCN(CC(F)(F)F)C4)CC2)ccc2c1cc(C#N)n2CCO. The van der Waals surface area contributed by atoms with Crippen molar-refractivity contribution in [3.8, 4) is 6.07 Å². The van der Waals surface area contributed by atoms with Crippen molar-refractivity contribution in [1.29, 1.82) is 5.26 Å². The molecule has 0 radical (unpaired) electrons. The van der Waals surface area contributed by atoms with Crippen LogP contribution in [-0.2, 0) is 26.1 Å². The molecule has 5 rings (SSSR count). The first-order valence-corrected chi connectivity index (χ1v) is 13.0. The number of alkyl halides is 3. The minimum absolute atomic E-state index is 0.0173. The lowest BCUT2D eigenvalue weighted by molar-refractivity contribution is -0.147. The molecule has 0 amide bonds. The van der Waals surface area contributed by atoms with Gasteiger partial charge in [-0.25, -0.2) is 9.97 Å². The molecule has 11 heteroatoms. The monoisotopic (exact) mass is 527 g/mol. The number of aliphatic hydroxyl groups is 1. The fourth-order valence-electron chi connectivity index (χ4n) is 5.72. The van der Waals surface area contributed by atoms with Crippen LogP contribution < -0.4 is 5.32 Å². The quantitative estimate of drug-likeness (QED) is 0.485. The van der Waals surface area contributed by atoms with E-state index in [2.05, 4.69) is 39.2 Å². The van der Waals surface area contributed by atoms with E-state index >= 15 is 0 Å². The second-order valence-electron chi connectivity index (χ2n) is 10.2. The molecule has 8 nitrogen and oxygen atoms in total. The molecule has 2 N–H and O–H groups in total. The molecule has 0 atom stereocenters. The highest BCUT2D eigenvalue weighted by atomic mass is 19.4. The number of piperidine rings is 1. The summed E-state index contributed by atoms with van der Waals surface area (Å²) in [6.07, 6.45) is -0.396. The fraction of sp³-hybridized carbons (Fsp3) is 0.519. The van der Waals surface area contributed by atoms with Gasteiger partial charge in [-0.3, -0.25) is 9.80 Å². The van der Waals surface area contributed by atoms with E-state index in [0.29, 0.717) is 30.9 Å². The Labute approximate surface area is 219 Å².